The summed E-state index contributed by atoms with van der Waals surface area (Å²) in [7, 11) is 0. The highest BCUT2D eigenvalue weighted by Crippen LogP contribution is 2.24. The molecule has 5 heteroatoms. The van der Waals surface area contributed by atoms with Crippen molar-refractivity contribution in [3.8, 4) is 0 Å². The zero-order valence-electron chi connectivity index (χ0n) is 10.8. The maximum Gasteiger partial charge on any atom is 0.281 e. The Balaban J connectivity index is 1.95. The molecule has 0 spiro atoms. The summed E-state index contributed by atoms with van der Waals surface area (Å²) in [6.45, 7) is 1.99. The molecule has 0 aliphatic carbocycles. The van der Waals surface area contributed by atoms with Crippen molar-refractivity contribution in [1.82, 2.24) is 5.32 Å². The fourth-order valence-electron chi connectivity index (χ4n) is 2.05. The van der Waals surface area contributed by atoms with Crippen molar-refractivity contribution in [3.05, 3.63) is 57.9 Å². The van der Waals surface area contributed by atoms with E-state index in [9.17, 15) is 4.79 Å². The minimum atomic E-state index is -0.117. The van der Waals surface area contributed by atoms with Crippen molar-refractivity contribution in [3.63, 3.8) is 0 Å². The van der Waals surface area contributed by atoms with Crippen molar-refractivity contribution >= 4 is 46.3 Å². The molecule has 1 fully saturated rings. The highest BCUT2D eigenvalue weighted by molar-refractivity contribution is 7.80. The number of rotatable bonds is 2. The minimum absolute atomic E-state index is 0.117. The molecule has 1 aliphatic heterocycles. The van der Waals surface area contributed by atoms with E-state index in [0.717, 1.165) is 16.1 Å². The van der Waals surface area contributed by atoms with Gasteiger partial charge in [0.1, 0.15) is 5.70 Å². The van der Waals surface area contributed by atoms with Gasteiger partial charge in [-0.3, -0.25) is 9.69 Å². The number of benzene rings is 1. The normalized spacial score (nSPS) is 16.9. The smallest absolute Gasteiger partial charge is 0.281 e. The number of amides is 1. The summed E-state index contributed by atoms with van der Waals surface area (Å²) < 4.78 is 0. The standard InChI is InChI=1S/C15H12N2OS2/c1-10-4-2-5-11(8-10)17-14(18)13(16-15(17)19)9-12-6-3-7-20-12/h2-9H,1H3,(H,16,19). The molecule has 0 unspecified atom stereocenters. The van der Waals surface area contributed by atoms with Crippen molar-refractivity contribution in [2.75, 3.05) is 4.90 Å². The Bertz CT molecular complexity index is 704. The van der Waals surface area contributed by atoms with E-state index in [1.807, 2.05) is 54.8 Å². The molecule has 1 N–H and O–H groups in total. The van der Waals surface area contributed by atoms with Gasteiger partial charge in [0.2, 0.25) is 0 Å². The fraction of sp³-hybridized carbons (Fsp3) is 0.0667. The number of nitrogens with one attached hydrogen (secondary N) is 1. The maximum absolute atomic E-state index is 12.5. The predicted molar refractivity (Wildman–Crippen MR) is 86.7 cm³/mol. The molecule has 2 aromatic rings. The van der Waals surface area contributed by atoms with Gasteiger partial charge < -0.3 is 5.32 Å². The van der Waals surface area contributed by atoms with Crippen LogP contribution < -0.4 is 10.2 Å². The lowest BCUT2D eigenvalue weighted by Crippen LogP contribution is -2.30. The van der Waals surface area contributed by atoms with Gasteiger partial charge in [-0.05, 0) is 54.4 Å². The summed E-state index contributed by atoms with van der Waals surface area (Å²) >= 11 is 6.85. The van der Waals surface area contributed by atoms with Gasteiger partial charge in [-0.25, -0.2) is 0 Å². The van der Waals surface area contributed by atoms with Crippen LogP contribution in [0.2, 0.25) is 0 Å². The fourth-order valence-corrected chi connectivity index (χ4v) is 3.01. The Kier molecular flexibility index (Phi) is 3.38. The summed E-state index contributed by atoms with van der Waals surface area (Å²) in [6, 6.07) is 11.6. The van der Waals surface area contributed by atoms with Crippen LogP contribution >= 0.6 is 23.6 Å². The Morgan fingerprint density at radius 2 is 2.15 bits per heavy atom. The molecule has 1 aromatic heterocycles. The first-order valence-corrected chi connectivity index (χ1v) is 7.41. The van der Waals surface area contributed by atoms with E-state index in [2.05, 4.69) is 5.32 Å². The van der Waals surface area contributed by atoms with E-state index < -0.39 is 0 Å². The molecule has 20 heavy (non-hydrogen) atoms. The van der Waals surface area contributed by atoms with Crippen molar-refractivity contribution in [1.29, 1.82) is 0 Å². The summed E-state index contributed by atoms with van der Waals surface area (Å²) in [5, 5.41) is 5.38. The lowest BCUT2D eigenvalue weighted by atomic mass is 10.2. The number of nitrogens with zero attached hydrogens (tertiary/aromatic N) is 1. The number of hydrogen-bond donors (Lipinski definition) is 1. The summed E-state index contributed by atoms with van der Waals surface area (Å²) in [6.07, 6.45) is 1.83. The van der Waals surface area contributed by atoms with Crippen LogP contribution in [0.4, 0.5) is 5.69 Å². The van der Waals surface area contributed by atoms with E-state index in [1.54, 1.807) is 11.3 Å². The highest BCUT2D eigenvalue weighted by atomic mass is 32.1. The molecule has 0 atom stereocenters. The third kappa shape index (κ3) is 2.37. The predicted octanol–water partition coefficient (Wildman–Crippen LogP) is 3.32. The van der Waals surface area contributed by atoms with Crippen LogP contribution in [0.1, 0.15) is 10.4 Å². The average Bonchev–Trinajstić information content (AvgIpc) is 2.99. The number of thiophene rings is 1. The number of carbonyl (C=O) groups excluding carboxylic acids is 1. The van der Waals surface area contributed by atoms with E-state index in [-0.39, 0.29) is 5.91 Å². The van der Waals surface area contributed by atoms with Crippen molar-refractivity contribution in [2.45, 2.75) is 6.92 Å². The number of hydrogen-bond acceptors (Lipinski definition) is 3. The number of carbonyl (C=O) groups is 1. The molecule has 0 radical (unpaired) electrons. The van der Waals surface area contributed by atoms with Gasteiger partial charge in [-0.2, -0.15) is 0 Å². The zero-order chi connectivity index (χ0) is 14.1. The largest absolute Gasteiger partial charge is 0.327 e. The Morgan fingerprint density at radius 3 is 2.85 bits per heavy atom. The second-order valence-corrected chi connectivity index (χ2v) is 5.85. The van der Waals surface area contributed by atoms with Gasteiger partial charge >= 0.3 is 0 Å². The zero-order valence-corrected chi connectivity index (χ0v) is 12.4. The third-order valence-electron chi connectivity index (χ3n) is 2.97. The topological polar surface area (TPSA) is 32.3 Å². The second-order valence-electron chi connectivity index (χ2n) is 4.48. The number of aryl methyl sites for hydroxylation is 1. The van der Waals surface area contributed by atoms with Gasteiger partial charge in [0, 0.05) is 4.88 Å². The quantitative estimate of drug-likeness (QED) is 0.682. The lowest BCUT2D eigenvalue weighted by Gasteiger charge is -2.14. The Hall–Kier alpha value is -1.98. The van der Waals surface area contributed by atoms with Gasteiger partial charge in [-0.15, -0.1) is 11.3 Å². The van der Waals surface area contributed by atoms with Crippen LogP contribution in [0, 0.1) is 6.92 Å². The molecule has 3 nitrogen and oxygen atoms in total. The van der Waals surface area contributed by atoms with Gasteiger partial charge in [-0.1, -0.05) is 18.2 Å². The van der Waals surface area contributed by atoms with Crippen LogP contribution in [0.25, 0.3) is 6.08 Å². The van der Waals surface area contributed by atoms with Gasteiger partial charge in [0.25, 0.3) is 5.91 Å². The molecular formula is C15H12N2OS2. The van der Waals surface area contributed by atoms with Gasteiger partial charge in [0.15, 0.2) is 5.11 Å². The van der Waals surface area contributed by atoms with Crippen molar-refractivity contribution < 1.29 is 4.79 Å². The molecular weight excluding hydrogens is 288 g/mol. The van der Waals surface area contributed by atoms with E-state index in [1.165, 1.54) is 4.90 Å². The molecule has 0 bridgehead atoms. The molecule has 2 heterocycles. The van der Waals surface area contributed by atoms with Crippen LogP contribution in [0.15, 0.2) is 47.5 Å². The molecule has 3 rings (SSSR count). The molecule has 0 saturated carbocycles. The molecule has 100 valence electrons. The third-order valence-corrected chi connectivity index (χ3v) is 4.07. The van der Waals surface area contributed by atoms with Crippen LogP contribution in [-0.2, 0) is 4.79 Å². The average molecular weight is 300 g/mol. The van der Waals surface area contributed by atoms with E-state index >= 15 is 0 Å². The molecule has 1 aromatic carbocycles. The highest BCUT2D eigenvalue weighted by Gasteiger charge is 2.31. The first-order valence-electron chi connectivity index (χ1n) is 6.12. The van der Waals surface area contributed by atoms with Gasteiger partial charge in [0.05, 0.1) is 5.69 Å². The summed E-state index contributed by atoms with van der Waals surface area (Å²) in [5.41, 5.74) is 2.40. The number of thiocarbonyl (C=S) groups is 1. The Morgan fingerprint density at radius 1 is 1.30 bits per heavy atom. The van der Waals surface area contributed by atoms with Crippen LogP contribution in [0.3, 0.4) is 0 Å². The first-order chi connectivity index (χ1) is 9.65. The molecule has 1 saturated heterocycles. The van der Waals surface area contributed by atoms with Crippen molar-refractivity contribution in [2.24, 2.45) is 0 Å². The maximum atomic E-state index is 12.5. The second kappa shape index (κ2) is 5.19. The molecule has 1 amide bonds. The SMILES string of the molecule is Cc1cccc(N2C(=O)C(=Cc3cccs3)NC2=S)c1. The van der Waals surface area contributed by atoms with E-state index in [0.29, 0.717) is 10.8 Å². The monoisotopic (exact) mass is 300 g/mol. The summed E-state index contributed by atoms with van der Waals surface area (Å²) in [5.74, 6) is -0.117. The summed E-state index contributed by atoms with van der Waals surface area (Å²) in [4.78, 5) is 15.0. The minimum Gasteiger partial charge on any atom is -0.327 e. The van der Waals surface area contributed by atoms with Crippen LogP contribution in [-0.4, -0.2) is 11.0 Å². The molecule has 1 aliphatic rings. The van der Waals surface area contributed by atoms with Crippen LogP contribution in [0.5, 0.6) is 0 Å². The first kappa shape index (κ1) is 13.0. The Labute approximate surface area is 126 Å². The lowest BCUT2D eigenvalue weighted by molar-refractivity contribution is -0.113. The van der Waals surface area contributed by atoms with E-state index in [4.69, 9.17) is 12.2 Å². The number of anilines is 1.